The summed E-state index contributed by atoms with van der Waals surface area (Å²) in [6.45, 7) is 0. The first-order valence-corrected chi connectivity index (χ1v) is 6.62. The molecule has 0 aliphatic heterocycles. The molecule has 1 heterocycles. The second-order valence-electron chi connectivity index (χ2n) is 3.97. The fraction of sp³-hybridized carbons (Fsp3) is 0.0714. The Morgan fingerprint density at radius 2 is 2.10 bits per heavy atom. The summed E-state index contributed by atoms with van der Waals surface area (Å²) < 4.78 is 18.3. The standard InChI is InChI=1S/C14H10BrFN2O3/c1-21-14(20)9-7-8(16)4-5-11(9)18-13(19)12-10(15)3-2-6-17-12/h2-7H,1H3,(H,18,19). The maximum absolute atomic E-state index is 13.2. The molecule has 108 valence electrons. The lowest BCUT2D eigenvalue weighted by Gasteiger charge is -2.10. The summed E-state index contributed by atoms with van der Waals surface area (Å²) in [5.41, 5.74) is 0.223. The lowest BCUT2D eigenvalue weighted by molar-refractivity contribution is 0.0601. The summed E-state index contributed by atoms with van der Waals surface area (Å²) in [6.07, 6.45) is 1.46. The van der Waals surface area contributed by atoms with Crippen molar-refractivity contribution in [1.82, 2.24) is 4.98 Å². The number of hydrogen-bond acceptors (Lipinski definition) is 4. The van der Waals surface area contributed by atoms with E-state index >= 15 is 0 Å². The van der Waals surface area contributed by atoms with Crippen LogP contribution in [0.2, 0.25) is 0 Å². The highest BCUT2D eigenvalue weighted by Gasteiger charge is 2.17. The van der Waals surface area contributed by atoms with Crippen LogP contribution in [0.25, 0.3) is 0 Å². The van der Waals surface area contributed by atoms with E-state index in [1.54, 1.807) is 12.1 Å². The Hall–Kier alpha value is -2.28. The molecule has 1 N–H and O–H groups in total. The molecule has 0 unspecified atom stereocenters. The molecule has 0 saturated heterocycles. The first kappa shape index (κ1) is 15.1. The molecule has 5 nitrogen and oxygen atoms in total. The molecule has 0 aliphatic carbocycles. The van der Waals surface area contributed by atoms with E-state index in [-0.39, 0.29) is 16.9 Å². The zero-order valence-electron chi connectivity index (χ0n) is 10.9. The van der Waals surface area contributed by atoms with Crippen LogP contribution in [0.3, 0.4) is 0 Å². The van der Waals surface area contributed by atoms with Gasteiger partial charge in [0, 0.05) is 10.7 Å². The smallest absolute Gasteiger partial charge is 0.340 e. The van der Waals surface area contributed by atoms with Crippen LogP contribution in [-0.4, -0.2) is 24.0 Å². The van der Waals surface area contributed by atoms with Crippen LogP contribution in [0.1, 0.15) is 20.8 Å². The van der Waals surface area contributed by atoms with E-state index in [4.69, 9.17) is 0 Å². The van der Waals surface area contributed by atoms with Gasteiger partial charge in [0.05, 0.1) is 18.4 Å². The van der Waals surface area contributed by atoms with Gasteiger partial charge in [-0.05, 0) is 46.3 Å². The summed E-state index contributed by atoms with van der Waals surface area (Å²) in [5.74, 6) is -1.88. The van der Waals surface area contributed by atoms with Gasteiger partial charge in [0.2, 0.25) is 0 Å². The van der Waals surface area contributed by atoms with Crippen molar-refractivity contribution in [3.05, 3.63) is 58.1 Å². The van der Waals surface area contributed by atoms with Crippen LogP contribution < -0.4 is 5.32 Å². The van der Waals surface area contributed by atoms with Crippen molar-refractivity contribution in [2.24, 2.45) is 0 Å². The van der Waals surface area contributed by atoms with Crippen LogP contribution in [0.15, 0.2) is 41.0 Å². The molecule has 0 atom stereocenters. The van der Waals surface area contributed by atoms with E-state index < -0.39 is 17.7 Å². The fourth-order valence-electron chi connectivity index (χ4n) is 1.64. The van der Waals surface area contributed by atoms with Gasteiger partial charge < -0.3 is 10.1 Å². The summed E-state index contributed by atoms with van der Waals surface area (Å²) in [7, 11) is 1.17. The average molecular weight is 353 g/mol. The molecular weight excluding hydrogens is 343 g/mol. The van der Waals surface area contributed by atoms with Crippen LogP contribution in [0.5, 0.6) is 0 Å². The highest BCUT2D eigenvalue weighted by Crippen LogP contribution is 2.20. The number of carbonyl (C=O) groups excluding carboxylic acids is 2. The molecule has 0 aliphatic rings. The van der Waals surface area contributed by atoms with Gasteiger partial charge in [-0.1, -0.05) is 0 Å². The van der Waals surface area contributed by atoms with Gasteiger partial charge in [0.1, 0.15) is 11.5 Å². The summed E-state index contributed by atoms with van der Waals surface area (Å²) in [4.78, 5) is 27.7. The Balaban J connectivity index is 2.34. The molecule has 2 rings (SSSR count). The molecule has 7 heteroatoms. The molecule has 0 fully saturated rings. The number of carbonyl (C=O) groups is 2. The third-order valence-electron chi connectivity index (χ3n) is 2.61. The predicted octanol–water partition coefficient (Wildman–Crippen LogP) is 3.02. The van der Waals surface area contributed by atoms with Crippen LogP contribution in [0.4, 0.5) is 10.1 Å². The van der Waals surface area contributed by atoms with Crippen molar-refractivity contribution in [2.75, 3.05) is 12.4 Å². The molecule has 1 aromatic heterocycles. The largest absolute Gasteiger partial charge is 0.465 e. The second-order valence-corrected chi connectivity index (χ2v) is 4.82. The average Bonchev–Trinajstić information content (AvgIpc) is 2.48. The molecule has 2 aromatic rings. The van der Waals surface area contributed by atoms with Crippen molar-refractivity contribution in [2.45, 2.75) is 0 Å². The summed E-state index contributed by atoms with van der Waals surface area (Å²) in [5, 5.41) is 2.51. The van der Waals surface area contributed by atoms with Gasteiger partial charge >= 0.3 is 5.97 Å². The molecule has 0 bridgehead atoms. The van der Waals surface area contributed by atoms with E-state index in [0.29, 0.717) is 4.47 Å². The number of nitrogens with zero attached hydrogens (tertiary/aromatic N) is 1. The Labute approximate surface area is 128 Å². The fourth-order valence-corrected chi connectivity index (χ4v) is 2.07. The quantitative estimate of drug-likeness (QED) is 0.862. The van der Waals surface area contributed by atoms with E-state index in [1.165, 1.54) is 19.4 Å². The second kappa shape index (κ2) is 6.45. The van der Waals surface area contributed by atoms with Crippen LogP contribution in [-0.2, 0) is 4.74 Å². The molecule has 1 amide bonds. The number of benzene rings is 1. The van der Waals surface area contributed by atoms with Crippen LogP contribution >= 0.6 is 15.9 Å². The Bertz CT molecular complexity index is 706. The van der Waals surface area contributed by atoms with Crippen molar-refractivity contribution in [3.8, 4) is 0 Å². The van der Waals surface area contributed by atoms with Gasteiger partial charge in [-0.25, -0.2) is 14.2 Å². The third-order valence-corrected chi connectivity index (χ3v) is 3.25. The molecule has 21 heavy (non-hydrogen) atoms. The van der Waals surface area contributed by atoms with E-state index in [9.17, 15) is 14.0 Å². The monoisotopic (exact) mass is 352 g/mol. The number of esters is 1. The number of amides is 1. The number of hydrogen-bond donors (Lipinski definition) is 1. The van der Waals surface area contributed by atoms with Crippen molar-refractivity contribution in [3.63, 3.8) is 0 Å². The topological polar surface area (TPSA) is 68.3 Å². The van der Waals surface area contributed by atoms with Crippen molar-refractivity contribution >= 4 is 33.5 Å². The number of ether oxygens (including phenoxy) is 1. The highest BCUT2D eigenvalue weighted by atomic mass is 79.9. The minimum atomic E-state index is -0.745. The molecule has 0 saturated carbocycles. The minimum Gasteiger partial charge on any atom is -0.465 e. The first-order chi connectivity index (χ1) is 10.0. The molecule has 0 spiro atoms. The number of rotatable bonds is 3. The SMILES string of the molecule is COC(=O)c1cc(F)ccc1NC(=O)c1ncccc1Br. The first-order valence-electron chi connectivity index (χ1n) is 5.82. The van der Waals surface area contributed by atoms with Gasteiger partial charge in [-0.3, -0.25) is 4.79 Å². The van der Waals surface area contributed by atoms with E-state index in [0.717, 1.165) is 12.1 Å². The third kappa shape index (κ3) is 3.43. The zero-order valence-corrected chi connectivity index (χ0v) is 12.5. The van der Waals surface area contributed by atoms with Crippen molar-refractivity contribution in [1.29, 1.82) is 0 Å². The predicted molar refractivity (Wildman–Crippen MR) is 77.6 cm³/mol. The lowest BCUT2D eigenvalue weighted by Crippen LogP contribution is -2.17. The van der Waals surface area contributed by atoms with Gasteiger partial charge in [0.25, 0.3) is 5.91 Å². The molecular formula is C14H10BrFN2O3. The van der Waals surface area contributed by atoms with Crippen LogP contribution in [0, 0.1) is 5.82 Å². The number of anilines is 1. The zero-order chi connectivity index (χ0) is 15.4. The van der Waals surface area contributed by atoms with Gasteiger partial charge in [-0.2, -0.15) is 0 Å². The highest BCUT2D eigenvalue weighted by molar-refractivity contribution is 9.10. The summed E-state index contributed by atoms with van der Waals surface area (Å²) >= 11 is 3.21. The number of pyridine rings is 1. The lowest BCUT2D eigenvalue weighted by atomic mass is 10.1. The maximum Gasteiger partial charge on any atom is 0.340 e. The van der Waals surface area contributed by atoms with E-state index in [1.807, 2.05) is 0 Å². The van der Waals surface area contributed by atoms with Gasteiger partial charge in [0.15, 0.2) is 0 Å². The number of methoxy groups -OCH3 is 1. The van der Waals surface area contributed by atoms with Crippen molar-refractivity contribution < 1.29 is 18.7 Å². The Morgan fingerprint density at radius 1 is 1.33 bits per heavy atom. The normalized spacial score (nSPS) is 10.0. The maximum atomic E-state index is 13.2. The minimum absolute atomic E-state index is 0.0714. The number of aromatic nitrogens is 1. The molecule has 1 aromatic carbocycles. The molecule has 0 radical (unpaired) electrons. The number of nitrogens with one attached hydrogen (secondary N) is 1. The number of halogens is 2. The Kier molecular flexibility index (Phi) is 4.64. The summed E-state index contributed by atoms with van der Waals surface area (Å²) in [6, 6.07) is 6.74. The Morgan fingerprint density at radius 3 is 2.76 bits per heavy atom. The van der Waals surface area contributed by atoms with Gasteiger partial charge in [-0.15, -0.1) is 0 Å². The van der Waals surface area contributed by atoms with E-state index in [2.05, 4.69) is 31.0 Å².